The summed E-state index contributed by atoms with van der Waals surface area (Å²) in [5, 5.41) is 22.9. The van der Waals surface area contributed by atoms with Gasteiger partial charge in [0.15, 0.2) is 0 Å². The van der Waals surface area contributed by atoms with Crippen LogP contribution in [0.2, 0.25) is 0 Å². The fourth-order valence-corrected chi connectivity index (χ4v) is 1.90. The van der Waals surface area contributed by atoms with Crippen LogP contribution in [-0.4, -0.2) is 40.6 Å². The molecule has 1 aromatic rings. The Morgan fingerprint density at radius 3 is 2.36 bits per heavy atom. The minimum Gasteiger partial charge on any atom is -0.508 e. The van der Waals surface area contributed by atoms with Gasteiger partial charge in [0.2, 0.25) is 11.8 Å². The van der Waals surface area contributed by atoms with Crippen molar-refractivity contribution >= 4 is 17.8 Å². The van der Waals surface area contributed by atoms with E-state index < -0.39 is 17.9 Å². The van der Waals surface area contributed by atoms with Crippen molar-refractivity contribution in [3.63, 3.8) is 0 Å². The Kier molecular flexibility index (Phi) is 6.88. The number of phenols is 1. The van der Waals surface area contributed by atoms with Crippen molar-refractivity contribution < 1.29 is 24.6 Å². The highest BCUT2D eigenvalue weighted by molar-refractivity contribution is 5.87. The maximum atomic E-state index is 12.0. The van der Waals surface area contributed by atoms with Crippen LogP contribution in [0.5, 0.6) is 5.75 Å². The molecule has 0 aliphatic rings. The standard InChI is InChI=1S/C15H20N2O5/c1-10(18)17-13(6-7-14(20)21)15(22)16-9-8-11-2-4-12(19)5-3-11/h2-5,13,19H,6-9H2,1H3,(H,16,22)(H,17,18)(H,20,21)/t13-/m0/s1. The van der Waals surface area contributed by atoms with Crippen LogP contribution in [0.15, 0.2) is 24.3 Å². The number of rotatable bonds is 8. The molecular formula is C15H20N2O5. The fourth-order valence-electron chi connectivity index (χ4n) is 1.90. The monoisotopic (exact) mass is 308 g/mol. The quantitative estimate of drug-likeness (QED) is 0.555. The lowest BCUT2D eigenvalue weighted by Gasteiger charge is -2.16. The average Bonchev–Trinajstić information content (AvgIpc) is 2.45. The van der Waals surface area contributed by atoms with Gasteiger partial charge in [-0.15, -0.1) is 0 Å². The third-order valence-electron chi connectivity index (χ3n) is 2.99. The zero-order chi connectivity index (χ0) is 16.5. The highest BCUT2D eigenvalue weighted by Gasteiger charge is 2.19. The molecule has 2 amide bonds. The van der Waals surface area contributed by atoms with Crippen molar-refractivity contribution in [1.82, 2.24) is 10.6 Å². The van der Waals surface area contributed by atoms with Crippen LogP contribution >= 0.6 is 0 Å². The molecule has 0 saturated carbocycles. The summed E-state index contributed by atoms with van der Waals surface area (Å²) in [7, 11) is 0. The molecule has 0 aromatic heterocycles. The van der Waals surface area contributed by atoms with Crippen LogP contribution in [0.25, 0.3) is 0 Å². The Morgan fingerprint density at radius 2 is 1.82 bits per heavy atom. The van der Waals surface area contributed by atoms with Crippen LogP contribution in [0.1, 0.15) is 25.3 Å². The van der Waals surface area contributed by atoms with Crippen LogP contribution in [0, 0.1) is 0 Å². The van der Waals surface area contributed by atoms with Gasteiger partial charge in [-0.2, -0.15) is 0 Å². The van der Waals surface area contributed by atoms with Crippen LogP contribution in [0.3, 0.4) is 0 Å². The summed E-state index contributed by atoms with van der Waals surface area (Å²) in [4.78, 5) is 33.6. The molecule has 0 unspecified atom stereocenters. The van der Waals surface area contributed by atoms with Crippen molar-refractivity contribution in [2.45, 2.75) is 32.2 Å². The first kappa shape index (κ1) is 17.5. The van der Waals surface area contributed by atoms with Gasteiger partial charge in [-0.05, 0) is 30.5 Å². The normalized spacial score (nSPS) is 11.5. The summed E-state index contributed by atoms with van der Waals surface area (Å²) in [6.07, 6.45) is 0.411. The average molecular weight is 308 g/mol. The zero-order valence-electron chi connectivity index (χ0n) is 12.3. The van der Waals surface area contributed by atoms with Gasteiger partial charge in [-0.1, -0.05) is 12.1 Å². The Labute approximate surface area is 128 Å². The molecule has 0 heterocycles. The van der Waals surface area contributed by atoms with Gasteiger partial charge in [-0.3, -0.25) is 14.4 Å². The number of carboxylic acids is 1. The van der Waals surface area contributed by atoms with E-state index in [4.69, 9.17) is 5.11 Å². The van der Waals surface area contributed by atoms with E-state index in [2.05, 4.69) is 10.6 Å². The second-order valence-corrected chi connectivity index (χ2v) is 4.89. The van der Waals surface area contributed by atoms with Crippen molar-refractivity contribution in [2.75, 3.05) is 6.54 Å². The summed E-state index contributed by atoms with van der Waals surface area (Å²) in [5.74, 6) is -1.64. The molecule has 0 fully saturated rings. The minimum atomic E-state index is -1.02. The van der Waals surface area contributed by atoms with E-state index in [-0.39, 0.29) is 24.5 Å². The lowest BCUT2D eigenvalue weighted by molar-refractivity contribution is -0.137. The van der Waals surface area contributed by atoms with E-state index in [0.717, 1.165) is 5.56 Å². The predicted molar refractivity (Wildman–Crippen MR) is 79.3 cm³/mol. The molecule has 0 aliphatic carbocycles. The second-order valence-electron chi connectivity index (χ2n) is 4.89. The summed E-state index contributed by atoms with van der Waals surface area (Å²) in [6.45, 7) is 1.63. The predicted octanol–water partition coefficient (Wildman–Crippen LogP) is 0.420. The minimum absolute atomic E-state index is 0.0416. The smallest absolute Gasteiger partial charge is 0.303 e. The molecule has 1 atom stereocenters. The van der Waals surface area contributed by atoms with E-state index >= 15 is 0 Å². The first-order valence-electron chi connectivity index (χ1n) is 6.93. The van der Waals surface area contributed by atoms with Crippen molar-refractivity contribution in [2.24, 2.45) is 0 Å². The SMILES string of the molecule is CC(=O)N[C@@H](CCC(=O)O)C(=O)NCCc1ccc(O)cc1. The van der Waals surface area contributed by atoms with Crippen molar-refractivity contribution in [3.8, 4) is 5.75 Å². The molecular weight excluding hydrogens is 288 g/mol. The molecule has 0 spiro atoms. The number of aliphatic carboxylic acids is 1. The van der Waals surface area contributed by atoms with Crippen molar-refractivity contribution in [1.29, 1.82) is 0 Å². The molecule has 0 aliphatic heterocycles. The largest absolute Gasteiger partial charge is 0.508 e. The number of hydrogen-bond acceptors (Lipinski definition) is 4. The number of carbonyl (C=O) groups excluding carboxylic acids is 2. The van der Waals surface area contributed by atoms with Gasteiger partial charge in [-0.25, -0.2) is 0 Å². The summed E-state index contributed by atoms with van der Waals surface area (Å²) in [6, 6.07) is 5.76. The number of carbonyl (C=O) groups is 3. The fraction of sp³-hybridized carbons (Fsp3) is 0.400. The van der Waals surface area contributed by atoms with E-state index in [1.54, 1.807) is 24.3 Å². The van der Waals surface area contributed by atoms with Gasteiger partial charge < -0.3 is 20.8 Å². The third kappa shape index (κ3) is 6.74. The molecule has 4 N–H and O–H groups in total. The maximum Gasteiger partial charge on any atom is 0.303 e. The molecule has 7 nitrogen and oxygen atoms in total. The van der Waals surface area contributed by atoms with E-state index in [9.17, 15) is 19.5 Å². The van der Waals surface area contributed by atoms with Gasteiger partial charge in [0.05, 0.1) is 0 Å². The molecule has 0 bridgehead atoms. The molecule has 0 saturated heterocycles. The topological polar surface area (TPSA) is 116 Å². The molecule has 1 aromatic carbocycles. The highest BCUT2D eigenvalue weighted by Crippen LogP contribution is 2.09. The number of amides is 2. The highest BCUT2D eigenvalue weighted by atomic mass is 16.4. The first-order valence-corrected chi connectivity index (χ1v) is 6.93. The Morgan fingerprint density at radius 1 is 1.18 bits per heavy atom. The zero-order valence-corrected chi connectivity index (χ0v) is 12.3. The van der Waals surface area contributed by atoms with Crippen LogP contribution < -0.4 is 10.6 Å². The van der Waals surface area contributed by atoms with Gasteiger partial charge in [0, 0.05) is 19.9 Å². The molecule has 0 radical (unpaired) electrons. The maximum absolute atomic E-state index is 12.0. The number of phenolic OH excluding ortho intramolecular Hbond substituents is 1. The summed E-state index contributed by atoms with van der Waals surface area (Å²) in [5.41, 5.74) is 0.944. The number of aromatic hydroxyl groups is 1. The Hall–Kier alpha value is -2.57. The Balaban J connectivity index is 2.45. The Bertz CT molecular complexity index is 527. The van der Waals surface area contributed by atoms with Crippen LogP contribution in [-0.2, 0) is 20.8 Å². The molecule has 120 valence electrons. The van der Waals surface area contributed by atoms with E-state index in [1.807, 2.05) is 0 Å². The van der Waals surface area contributed by atoms with Crippen LogP contribution in [0.4, 0.5) is 0 Å². The molecule has 1 rings (SSSR count). The first-order chi connectivity index (χ1) is 10.4. The number of nitrogens with one attached hydrogen (secondary N) is 2. The van der Waals surface area contributed by atoms with Gasteiger partial charge in [0.25, 0.3) is 0 Å². The number of benzene rings is 1. The van der Waals surface area contributed by atoms with E-state index in [1.165, 1.54) is 6.92 Å². The van der Waals surface area contributed by atoms with Gasteiger partial charge >= 0.3 is 5.97 Å². The third-order valence-corrected chi connectivity index (χ3v) is 2.99. The number of carboxylic acid groups (broad SMARTS) is 1. The van der Waals surface area contributed by atoms with E-state index in [0.29, 0.717) is 13.0 Å². The summed E-state index contributed by atoms with van der Waals surface area (Å²) >= 11 is 0. The second kappa shape index (κ2) is 8.66. The summed E-state index contributed by atoms with van der Waals surface area (Å²) < 4.78 is 0. The lowest BCUT2D eigenvalue weighted by atomic mass is 10.1. The van der Waals surface area contributed by atoms with Crippen molar-refractivity contribution in [3.05, 3.63) is 29.8 Å². The lowest BCUT2D eigenvalue weighted by Crippen LogP contribution is -2.46. The number of hydrogen-bond donors (Lipinski definition) is 4. The molecule has 7 heteroatoms. The van der Waals surface area contributed by atoms with Gasteiger partial charge in [0.1, 0.15) is 11.8 Å². The molecule has 22 heavy (non-hydrogen) atoms.